The number of benzene rings is 3. The van der Waals surface area contributed by atoms with Gasteiger partial charge in [0.2, 0.25) is 0 Å². The van der Waals surface area contributed by atoms with E-state index in [1.807, 2.05) is 44.2 Å². The lowest BCUT2D eigenvalue weighted by Crippen LogP contribution is -2.41. The van der Waals surface area contributed by atoms with E-state index in [1.165, 1.54) is 0 Å². The van der Waals surface area contributed by atoms with Crippen molar-refractivity contribution in [3.05, 3.63) is 106 Å². The third kappa shape index (κ3) is 4.78. The number of hydrogen-bond donors (Lipinski definition) is 2. The van der Waals surface area contributed by atoms with Gasteiger partial charge in [-0.1, -0.05) is 65.2 Å². The monoisotopic (exact) mass is 392 g/mol. The summed E-state index contributed by atoms with van der Waals surface area (Å²) in [6, 6.07) is 21.6. The summed E-state index contributed by atoms with van der Waals surface area (Å²) in [6.07, 6.45) is -0.767. The fourth-order valence-electron chi connectivity index (χ4n) is 2.74. The van der Waals surface area contributed by atoms with Crippen LogP contribution in [0.15, 0.2) is 72.8 Å². The Morgan fingerprint density at radius 2 is 1.14 bits per heavy atom. The van der Waals surface area contributed by atoms with Crippen LogP contribution >= 0.6 is 11.6 Å². The number of amides is 2. The van der Waals surface area contributed by atoms with E-state index in [2.05, 4.69) is 10.6 Å². The second-order valence-electron chi connectivity index (χ2n) is 6.63. The van der Waals surface area contributed by atoms with Crippen molar-refractivity contribution in [2.75, 3.05) is 0 Å². The molecule has 142 valence electrons. The largest absolute Gasteiger partial charge is 0.328 e. The van der Waals surface area contributed by atoms with Gasteiger partial charge in [-0.25, -0.2) is 0 Å². The Hall–Kier alpha value is -3.11. The van der Waals surface area contributed by atoms with Crippen LogP contribution in [0.4, 0.5) is 0 Å². The number of carbonyl (C=O) groups excluding carboxylic acids is 2. The molecule has 28 heavy (non-hydrogen) atoms. The Bertz CT molecular complexity index is 923. The van der Waals surface area contributed by atoms with Crippen molar-refractivity contribution < 1.29 is 9.59 Å². The van der Waals surface area contributed by atoms with E-state index >= 15 is 0 Å². The van der Waals surface area contributed by atoms with Gasteiger partial charge in [-0.15, -0.1) is 0 Å². The molecule has 3 aromatic rings. The van der Waals surface area contributed by atoms with E-state index in [1.54, 1.807) is 42.5 Å². The second-order valence-corrected chi connectivity index (χ2v) is 7.04. The van der Waals surface area contributed by atoms with Crippen LogP contribution in [0.5, 0.6) is 0 Å². The molecule has 0 heterocycles. The van der Waals surface area contributed by atoms with E-state index in [-0.39, 0.29) is 11.8 Å². The first-order valence-electron chi connectivity index (χ1n) is 8.93. The molecule has 2 amide bonds. The molecule has 0 aromatic heterocycles. The maximum absolute atomic E-state index is 12.7. The van der Waals surface area contributed by atoms with Gasteiger partial charge in [-0.2, -0.15) is 0 Å². The third-order valence-electron chi connectivity index (χ3n) is 4.39. The van der Waals surface area contributed by atoms with E-state index in [0.717, 1.165) is 11.1 Å². The third-order valence-corrected chi connectivity index (χ3v) is 4.74. The summed E-state index contributed by atoms with van der Waals surface area (Å²) in [7, 11) is 0. The highest BCUT2D eigenvalue weighted by molar-refractivity contribution is 6.31. The Morgan fingerprint density at radius 1 is 0.714 bits per heavy atom. The lowest BCUT2D eigenvalue weighted by atomic mass is 10.1. The molecule has 0 saturated carbocycles. The van der Waals surface area contributed by atoms with Crippen molar-refractivity contribution in [1.29, 1.82) is 0 Å². The van der Waals surface area contributed by atoms with Gasteiger partial charge in [0.25, 0.3) is 11.8 Å². The van der Waals surface area contributed by atoms with Crippen molar-refractivity contribution in [1.82, 2.24) is 10.6 Å². The van der Waals surface area contributed by atoms with Crippen molar-refractivity contribution in [3.8, 4) is 0 Å². The minimum atomic E-state index is -0.767. The van der Waals surface area contributed by atoms with Gasteiger partial charge in [0.05, 0.1) is 0 Å². The van der Waals surface area contributed by atoms with E-state index in [4.69, 9.17) is 11.6 Å². The SMILES string of the molecule is Cc1ccc(C(=O)NC(NC(=O)c2ccc(C)cc2)c2ccccc2Cl)cc1. The van der Waals surface area contributed by atoms with Crippen molar-refractivity contribution in [2.24, 2.45) is 0 Å². The molecular weight excluding hydrogens is 372 g/mol. The molecule has 0 aliphatic rings. The molecule has 4 nitrogen and oxygen atoms in total. The van der Waals surface area contributed by atoms with Crippen molar-refractivity contribution >= 4 is 23.4 Å². The smallest absolute Gasteiger partial charge is 0.253 e. The fourth-order valence-corrected chi connectivity index (χ4v) is 2.98. The zero-order chi connectivity index (χ0) is 20.1. The van der Waals surface area contributed by atoms with Crippen LogP contribution in [0.2, 0.25) is 5.02 Å². The number of hydrogen-bond acceptors (Lipinski definition) is 2. The normalized spacial score (nSPS) is 10.6. The molecular formula is C23H21ClN2O2. The van der Waals surface area contributed by atoms with E-state index in [0.29, 0.717) is 21.7 Å². The summed E-state index contributed by atoms with van der Waals surface area (Å²) >= 11 is 6.32. The van der Waals surface area contributed by atoms with Crippen LogP contribution in [-0.2, 0) is 0 Å². The minimum absolute atomic E-state index is 0.297. The van der Waals surface area contributed by atoms with Crippen LogP contribution in [-0.4, -0.2) is 11.8 Å². The van der Waals surface area contributed by atoms with Gasteiger partial charge in [-0.05, 0) is 44.2 Å². The van der Waals surface area contributed by atoms with Crippen molar-refractivity contribution in [3.63, 3.8) is 0 Å². The van der Waals surface area contributed by atoms with Crippen LogP contribution in [0.25, 0.3) is 0 Å². The first-order chi connectivity index (χ1) is 13.4. The maximum atomic E-state index is 12.7. The van der Waals surface area contributed by atoms with Gasteiger partial charge >= 0.3 is 0 Å². The molecule has 0 atom stereocenters. The minimum Gasteiger partial charge on any atom is -0.328 e. The van der Waals surface area contributed by atoms with Crippen LogP contribution in [0.3, 0.4) is 0 Å². The second kappa shape index (κ2) is 8.72. The van der Waals surface area contributed by atoms with Crippen molar-refractivity contribution in [2.45, 2.75) is 20.0 Å². The lowest BCUT2D eigenvalue weighted by molar-refractivity contribution is 0.0883. The Kier molecular flexibility index (Phi) is 6.12. The molecule has 3 rings (SSSR count). The van der Waals surface area contributed by atoms with Crippen LogP contribution in [0, 0.1) is 13.8 Å². The Labute approximate surface area is 169 Å². The quantitative estimate of drug-likeness (QED) is 0.612. The predicted octanol–water partition coefficient (Wildman–Crippen LogP) is 4.82. The molecule has 0 aliphatic heterocycles. The summed E-state index contributed by atoms with van der Waals surface area (Å²) in [5, 5.41) is 6.19. The Balaban J connectivity index is 1.86. The molecule has 0 unspecified atom stereocenters. The van der Waals surface area contributed by atoms with Gasteiger partial charge in [-0.3, -0.25) is 9.59 Å². The summed E-state index contributed by atoms with van der Waals surface area (Å²) in [5.41, 5.74) is 3.75. The Morgan fingerprint density at radius 3 is 1.57 bits per heavy atom. The number of aryl methyl sites for hydroxylation is 2. The first kappa shape index (κ1) is 19.6. The summed E-state index contributed by atoms with van der Waals surface area (Å²) in [5.74, 6) is -0.594. The molecule has 0 radical (unpaired) electrons. The highest BCUT2D eigenvalue weighted by Gasteiger charge is 2.21. The topological polar surface area (TPSA) is 58.2 Å². The van der Waals surface area contributed by atoms with E-state index < -0.39 is 6.17 Å². The molecule has 5 heteroatoms. The molecule has 0 aliphatic carbocycles. The highest BCUT2D eigenvalue weighted by Crippen LogP contribution is 2.22. The average molecular weight is 393 g/mol. The standard InChI is InChI=1S/C23H21ClN2O2/c1-15-7-11-17(12-8-15)22(27)25-21(19-5-3-4-6-20(19)24)26-23(28)18-13-9-16(2)10-14-18/h3-14,21H,1-2H3,(H,25,27)(H,26,28). The molecule has 0 bridgehead atoms. The van der Waals surface area contributed by atoms with Gasteiger partial charge < -0.3 is 10.6 Å². The highest BCUT2D eigenvalue weighted by atomic mass is 35.5. The predicted molar refractivity (Wildman–Crippen MR) is 111 cm³/mol. The van der Waals surface area contributed by atoms with Gasteiger partial charge in [0, 0.05) is 21.7 Å². The average Bonchev–Trinajstić information content (AvgIpc) is 2.69. The molecule has 2 N–H and O–H groups in total. The molecule has 0 spiro atoms. The number of carbonyl (C=O) groups is 2. The fraction of sp³-hybridized carbons (Fsp3) is 0.130. The molecule has 3 aromatic carbocycles. The maximum Gasteiger partial charge on any atom is 0.253 e. The molecule has 0 saturated heterocycles. The summed E-state index contributed by atoms with van der Waals surface area (Å²) in [6.45, 7) is 3.91. The summed E-state index contributed by atoms with van der Waals surface area (Å²) < 4.78 is 0. The first-order valence-corrected chi connectivity index (χ1v) is 9.31. The number of nitrogens with one attached hydrogen (secondary N) is 2. The van der Waals surface area contributed by atoms with E-state index in [9.17, 15) is 9.59 Å². The summed E-state index contributed by atoms with van der Waals surface area (Å²) in [4.78, 5) is 25.4. The number of rotatable bonds is 5. The van der Waals surface area contributed by atoms with Crippen LogP contribution in [0.1, 0.15) is 43.6 Å². The van der Waals surface area contributed by atoms with Gasteiger partial charge in [0.1, 0.15) is 6.17 Å². The van der Waals surface area contributed by atoms with Gasteiger partial charge in [0.15, 0.2) is 0 Å². The molecule has 0 fully saturated rings. The van der Waals surface area contributed by atoms with Crippen LogP contribution < -0.4 is 10.6 Å². The lowest BCUT2D eigenvalue weighted by Gasteiger charge is -2.22. The number of halogens is 1. The zero-order valence-electron chi connectivity index (χ0n) is 15.7. The zero-order valence-corrected chi connectivity index (χ0v) is 16.5.